The Morgan fingerprint density at radius 3 is 2.40 bits per heavy atom. The summed E-state index contributed by atoms with van der Waals surface area (Å²) in [5.74, 6) is 0. The maximum atomic E-state index is 4.81. The molecule has 1 rings (SSSR count). The summed E-state index contributed by atoms with van der Waals surface area (Å²) in [6.45, 7) is 1.81. The van der Waals surface area contributed by atoms with E-state index in [1.807, 2.05) is 37.3 Å². The third-order valence-electron chi connectivity index (χ3n) is 1.04. The molecule has 0 saturated carbocycles. The van der Waals surface area contributed by atoms with Crippen LogP contribution in [0.25, 0.3) is 0 Å². The highest BCUT2D eigenvalue weighted by Gasteiger charge is 1.84. The molecular weight excluding hydrogens is 142 g/mol. The van der Waals surface area contributed by atoms with Gasteiger partial charge < -0.3 is 0 Å². The number of hydrogen-bond acceptors (Lipinski definition) is 1. The van der Waals surface area contributed by atoms with Crippen LogP contribution in [-0.4, -0.2) is 5.04 Å². The maximum Gasteiger partial charge on any atom is 0.101 e. The first-order chi connectivity index (χ1) is 4.79. The highest BCUT2D eigenvalue weighted by Crippen LogP contribution is 2.10. The molecule has 0 spiro atoms. The number of nitrogens with zero attached hydrogens (tertiary/aromatic N) is 1. The van der Waals surface area contributed by atoms with Crippen molar-refractivity contribution in [2.24, 2.45) is 4.99 Å². The SMILES string of the molecule is CC([S])=Nc1ccccc1. The van der Waals surface area contributed by atoms with E-state index in [2.05, 4.69) is 4.99 Å². The van der Waals surface area contributed by atoms with Gasteiger partial charge >= 0.3 is 0 Å². The van der Waals surface area contributed by atoms with Gasteiger partial charge in [0, 0.05) is 0 Å². The third kappa shape index (κ3) is 2.15. The number of hydrogen-bond donors (Lipinski definition) is 0. The van der Waals surface area contributed by atoms with Gasteiger partial charge in [-0.2, -0.15) is 0 Å². The Hall–Kier alpha value is -0.890. The van der Waals surface area contributed by atoms with Crippen molar-refractivity contribution in [3.05, 3.63) is 30.3 Å². The van der Waals surface area contributed by atoms with Crippen LogP contribution >= 0.6 is 12.6 Å². The Bertz CT molecular complexity index is 224. The lowest BCUT2D eigenvalue weighted by atomic mass is 10.3. The van der Waals surface area contributed by atoms with E-state index >= 15 is 0 Å². The van der Waals surface area contributed by atoms with Gasteiger partial charge in [0.05, 0.1) is 5.69 Å². The Labute approximate surface area is 66.2 Å². The summed E-state index contributed by atoms with van der Waals surface area (Å²) in [5, 5.41) is 0.672. The second-order valence-corrected chi connectivity index (χ2v) is 2.56. The van der Waals surface area contributed by atoms with E-state index in [1.165, 1.54) is 0 Å². The molecular formula is C8H8NS. The molecule has 1 aromatic rings. The minimum absolute atomic E-state index is 0.672. The normalized spacial score (nSPS) is 11.5. The van der Waals surface area contributed by atoms with Crippen LogP contribution in [0.15, 0.2) is 35.3 Å². The fourth-order valence-corrected chi connectivity index (χ4v) is 0.790. The molecule has 0 heterocycles. The molecule has 0 aromatic heterocycles. The van der Waals surface area contributed by atoms with Crippen molar-refractivity contribution < 1.29 is 0 Å². The summed E-state index contributed by atoms with van der Waals surface area (Å²) >= 11 is 4.81. The van der Waals surface area contributed by atoms with Crippen LogP contribution in [0.4, 0.5) is 5.69 Å². The van der Waals surface area contributed by atoms with E-state index in [9.17, 15) is 0 Å². The van der Waals surface area contributed by atoms with Crippen LogP contribution in [0.5, 0.6) is 0 Å². The first-order valence-electron chi connectivity index (χ1n) is 3.06. The standard InChI is InChI=1S/C8H8NS/c1-7(10)9-8-5-3-2-4-6-8/h2-6H,1H3. The first kappa shape index (κ1) is 7.22. The molecule has 1 aromatic carbocycles. The molecule has 0 amide bonds. The minimum atomic E-state index is 0.672. The molecule has 0 bridgehead atoms. The summed E-state index contributed by atoms with van der Waals surface area (Å²) in [6, 6.07) is 9.69. The number of para-hydroxylation sites is 1. The van der Waals surface area contributed by atoms with Gasteiger partial charge in [-0.1, -0.05) is 30.8 Å². The molecule has 1 nitrogen and oxygen atoms in total. The van der Waals surface area contributed by atoms with Crippen molar-refractivity contribution in [3.63, 3.8) is 0 Å². The lowest BCUT2D eigenvalue weighted by Gasteiger charge is -1.89. The van der Waals surface area contributed by atoms with Crippen molar-refractivity contribution in [3.8, 4) is 0 Å². The van der Waals surface area contributed by atoms with Crippen LogP contribution < -0.4 is 0 Å². The van der Waals surface area contributed by atoms with Gasteiger partial charge in [0.15, 0.2) is 0 Å². The predicted octanol–water partition coefficient (Wildman–Crippen LogP) is 2.93. The van der Waals surface area contributed by atoms with Crippen molar-refractivity contribution in [2.45, 2.75) is 6.92 Å². The summed E-state index contributed by atoms with van der Waals surface area (Å²) in [7, 11) is 0. The van der Waals surface area contributed by atoms with Crippen molar-refractivity contribution in [1.29, 1.82) is 0 Å². The Balaban J connectivity index is 2.87. The van der Waals surface area contributed by atoms with Gasteiger partial charge in [-0.15, -0.1) is 0 Å². The molecule has 0 N–H and O–H groups in total. The number of rotatable bonds is 1. The summed E-state index contributed by atoms with van der Waals surface area (Å²) in [6.07, 6.45) is 0. The quantitative estimate of drug-likeness (QED) is 0.431. The van der Waals surface area contributed by atoms with E-state index in [-0.39, 0.29) is 0 Å². The molecule has 0 aliphatic heterocycles. The Morgan fingerprint density at radius 2 is 1.90 bits per heavy atom. The second kappa shape index (κ2) is 3.32. The Kier molecular flexibility index (Phi) is 2.40. The Morgan fingerprint density at radius 1 is 1.30 bits per heavy atom. The highest BCUT2D eigenvalue weighted by molar-refractivity contribution is 7.96. The molecule has 0 saturated heterocycles. The average molecular weight is 150 g/mol. The van der Waals surface area contributed by atoms with E-state index in [4.69, 9.17) is 12.6 Å². The summed E-state index contributed by atoms with van der Waals surface area (Å²) in [5.41, 5.74) is 0.926. The molecule has 0 aliphatic rings. The van der Waals surface area contributed by atoms with E-state index in [0.717, 1.165) is 5.69 Å². The van der Waals surface area contributed by atoms with E-state index in [0.29, 0.717) is 5.04 Å². The second-order valence-electron chi connectivity index (χ2n) is 1.97. The van der Waals surface area contributed by atoms with Crippen LogP contribution in [-0.2, 0) is 0 Å². The molecule has 2 heteroatoms. The fourth-order valence-electron chi connectivity index (χ4n) is 0.684. The van der Waals surface area contributed by atoms with Gasteiger partial charge in [-0.25, -0.2) is 4.99 Å². The topological polar surface area (TPSA) is 12.4 Å². The van der Waals surface area contributed by atoms with Gasteiger partial charge in [-0.05, 0) is 19.1 Å². The zero-order valence-electron chi connectivity index (χ0n) is 5.74. The first-order valence-corrected chi connectivity index (χ1v) is 3.47. The summed E-state index contributed by atoms with van der Waals surface area (Å²) in [4.78, 5) is 4.09. The molecule has 51 valence electrons. The average Bonchev–Trinajstić information content (AvgIpc) is 1.88. The van der Waals surface area contributed by atoms with Crippen molar-refractivity contribution in [1.82, 2.24) is 0 Å². The summed E-state index contributed by atoms with van der Waals surface area (Å²) < 4.78 is 0. The molecule has 0 fully saturated rings. The fraction of sp³-hybridized carbons (Fsp3) is 0.125. The molecule has 0 aliphatic carbocycles. The molecule has 1 radical (unpaired) electrons. The largest absolute Gasteiger partial charge is 0.242 e. The van der Waals surface area contributed by atoms with Crippen molar-refractivity contribution in [2.75, 3.05) is 0 Å². The van der Waals surface area contributed by atoms with Crippen LogP contribution in [0.3, 0.4) is 0 Å². The predicted molar refractivity (Wildman–Crippen MR) is 46.8 cm³/mol. The number of aliphatic imine (C=N–C) groups is 1. The lowest BCUT2D eigenvalue weighted by molar-refractivity contribution is 1.52. The highest BCUT2D eigenvalue weighted by atomic mass is 32.1. The van der Waals surface area contributed by atoms with Crippen LogP contribution in [0, 0.1) is 0 Å². The molecule has 0 unspecified atom stereocenters. The van der Waals surface area contributed by atoms with E-state index < -0.39 is 0 Å². The van der Waals surface area contributed by atoms with E-state index in [1.54, 1.807) is 0 Å². The van der Waals surface area contributed by atoms with Crippen molar-refractivity contribution >= 4 is 23.4 Å². The van der Waals surface area contributed by atoms with Gasteiger partial charge in [0.2, 0.25) is 0 Å². The zero-order valence-corrected chi connectivity index (χ0v) is 6.56. The smallest absolute Gasteiger partial charge is 0.101 e. The minimum Gasteiger partial charge on any atom is -0.242 e. The van der Waals surface area contributed by atoms with Crippen LogP contribution in [0.2, 0.25) is 0 Å². The molecule has 10 heavy (non-hydrogen) atoms. The molecule has 0 atom stereocenters. The zero-order chi connectivity index (χ0) is 7.40. The van der Waals surface area contributed by atoms with Gasteiger partial charge in [0.25, 0.3) is 0 Å². The third-order valence-corrected chi connectivity index (χ3v) is 1.13. The lowest BCUT2D eigenvalue weighted by Crippen LogP contribution is -1.72. The van der Waals surface area contributed by atoms with Gasteiger partial charge in [-0.3, -0.25) is 0 Å². The van der Waals surface area contributed by atoms with Gasteiger partial charge in [0.1, 0.15) is 5.04 Å². The van der Waals surface area contributed by atoms with Crippen LogP contribution in [0.1, 0.15) is 6.92 Å². The maximum absolute atomic E-state index is 4.81. The monoisotopic (exact) mass is 150 g/mol. The number of benzene rings is 1.